The van der Waals surface area contributed by atoms with Crippen molar-refractivity contribution in [3.05, 3.63) is 28.8 Å². The van der Waals surface area contributed by atoms with Crippen LogP contribution in [-0.2, 0) is 11.2 Å². The van der Waals surface area contributed by atoms with E-state index in [4.69, 9.17) is 22.1 Å². The highest BCUT2D eigenvalue weighted by Crippen LogP contribution is 2.26. The molecule has 1 amide bonds. The fraction of sp³-hybridized carbons (Fsp3) is 0.533. The number of ether oxygens (including phenoxy) is 1. The number of halogens is 3. The van der Waals surface area contributed by atoms with E-state index in [9.17, 15) is 13.6 Å². The number of benzene rings is 1. The summed E-state index contributed by atoms with van der Waals surface area (Å²) in [6.45, 7) is 6.50. The van der Waals surface area contributed by atoms with Crippen molar-refractivity contribution in [3.8, 4) is 0 Å². The predicted molar refractivity (Wildman–Crippen MR) is 83.6 cm³/mol. The van der Waals surface area contributed by atoms with Crippen LogP contribution in [0.4, 0.5) is 19.3 Å². The summed E-state index contributed by atoms with van der Waals surface area (Å²) in [5, 5.41) is 2.78. The molecule has 0 heterocycles. The number of nitrogens with two attached hydrogens (primary N) is 1. The van der Waals surface area contributed by atoms with Gasteiger partial charge in [0.25, 0.3) is 6.43 Å². The fourth-order valence-electron chi connectivity index (χ4n) is 1.68. The van der Waals surface area contributed by atoms with Crippen molar-refractivity contribution in [1.82, 2.24) is 0 Å². The summed E-state index contributed by atoms with van der Waals surface area (Å²) >= 11 is 6.06. The number of nitrogens with one attached hydrogen (secondary N) is 1. The van der Waals surface area contributed by atoms with E-state index in [-0.39, 0.29) is 11.4 Å². The quantitative estimate of drug-likeness (QED) is 0.866. The third-order valence-corrected chi connectivity index (χ3v) is 3.12. The van der Waals surface area contributed by atoms with Gasteiger partial charge in [-0.15, -0.1) is 0 Å². The number of anilines is 1. The van der Waals surface area contributed by atoms with Gasteiger partial charge in [0.1, 0.15) is 5.60 Å². The minimum Gasteiger partial charge on any atom is -0.444 e. The van der Waals surface area contributed by atoms with Gasteiger partial charge in [0.05, 0.1) is 5.54 Å². The van der Waals surface area contributed by atoms with Gasteiger partial charge >= 0.3 is 6.09 Å². The monoisotopic (exact) mass is 334 g/mol. The van der Waals surface area contributed by atoms with Crippen LogP contribution in [0.1, 0.15) is 33.3 Å². The van der Waals surface area contributed by atoms with Gasteiger partial charge in [-0.2, -0.15) is 0 Å². The Morgan fingerprint density at radius 2 is 1.95 bits per heavy atom. The van der Waals surface area contributed by atoms with Crippen LogP contribution in [0.3, 0.4) is 0 Å². The summed E-state index contributed by atoms with van der Waals surface area (Å²) in [5.41, 5.74) is 4.17. The van der Waals surface area contributed by atoms with Gasteiger partial charge in [-0.05, 0) is 51.8 Å². The lowest BCUT2D eigenvalue weighted by Gasteiger charge is -2.24. The average Bonchev–Trinajstić information content (AvgIpc) is 2.29. The molecule has 0 spiro atoms. The molecule has 0 radical (unpaired) electrons. The van der Waals surface area contributed by atoms with Crippen LogP contribution in [0.5, 0.6) is 0 Å². The molecular formula is C15H21ClF2N2O2. The molecule has 0 saturated carbocycles. The molecule has 3 N–H and O–H groups in total. The molecule has 7 heteroatoms. The van der Waals surface area contributed by atoms with E-state index in [1.165, 1.54) is 13.0 Å². The van der Waals surface area contributed by atoms with Crippen LogP contribution in [0, 0.1) is 0 Å². The molecule has 0 bridgehead atoms. The average molecular weight is 335 g/mol. The Hall–Kier alpha value is -1.40. The maximum Gasteiger partial charge on any atom is 0.412 e. The molecule has 4 nitrogen and oxygen atoms in total. The van der Waals surface area contributed by atoms with Crippen LogP contribution in [0.25, 0.3) is 0 Å². The Morgan fingerprint density at radius 3 is 2.41 bits per heavy atom. The van der Waals surface area contributed by atoms with Crippen molar-refractivity contribution in [2.75, 3.05) is 5.32 Å². The fourth-order valence-corrected chi connectivity index (χ4v) is 1.92. The molecule has 1 unspecified atom stereocenters. The molecular weight excluding hydrogens is 314 g/mol. The molecule has 1 aromatic carbocycles. The second-order valence-corrected chi connectivity index (χ2v) is 6.82. The van der Waals surface area contributed by atoms with E-state index < -0.39 is 23.7 Å². The van der Waals surface area contributed by atoms with Crippen LogP contribution >= 0.6 is 11.6 Å². The molecule has 0 aliphatic heterocycles. The first-order chi connectivity index (χ1) is 9.90. The molecule has 0 saturated heterocycles. The van der Waals surface area contributed by atoms with E-state index >= 15 is 0 Å². The maximum absolute atomic E-state index is 12.8. The lowest BCUT2D eigenvalue weighted by molar-refractivity contribution is 0.0634. The number of rotatable bonds is 4. The van der Waals surface area contributed by atoms with Gasteiger partial charge in [0.15, 0.2) is 0 Å². The van der Waals surface area contributed by atoms with Gasteiger partial charge in [-0.25, -0.2) is 13.6 Å². The van der Waals surface area contributed by atoms with Gasteiger partial charge < -0.3 is 10.5 Å². The van der Waals surface area contributed by atoms with Crippen molar-refractivity contribution in [2.24, 2.45) is 5.73 Å². The molecule has 0 aliphatic rings. The second kappa shape index (κ2) is 6.79. The highest BCUT2D eigenvalue weighted by Gasteiger charge is 2.31. The van der Waals surface area contributed by atoms with Crippen LogP contribution < -0.4 is 11.1 Å². The number of carbonyl (C=O) groups excluding carboxylic acids is 1. The lowest BCUT2D eigenvalue weighted by Crippen LogP contribution is -2.45. The third kappa shape index (κ3) is 5.77. The molecule has 22 heavy (non-hydrogen) atoms. The standard InChI is InChI=1S/C15H21ClF2N2O2/c1-14(2,3)22-13(21)20-10-6-5-9(11(16)7-10)8-15(4,19)12(17)18/h5-7,12H,8,19H2,1-4H3,(H,20,21). The first-order valence-electron chi connectivity index (χ1n) is 6.76. The molecule has 0 aliphatic carbocycles. The zero-order chi connectivity index (χ0) is 17.1. The topological polar surface area (TPSA) is 64.3 Å². The summed E-state index contributed by atoms with van der Waals surface area (Å²) in [4.78, 5) is 11.6. The first-order valence-corrected chi connectivity index (χ1v) is 7.14. The first kappa shape index (κ1) is 18.6. The smallest absolute Gasteiger partial charge is 0.412 e. The molecule has 0 aromatic heterocycles. The summed E-state index contributed by atoms with van der Waals surface area (Å²) < 4.78 is 30.7. The minimum atomic E-state index is -2.66. The second-order valence-electron chi connectivity index (χ2n) is 6.42. The van der Waals surface area contributed by atoms with E-state index in [1.54, 1.807) is 32.9 Å². The van der Waals surface area contributed by atoms with E-state index in [1.807, 2.05) is 0 Å². The SMILES string of the molecule is CC(C)(C)OC(=O)Nc1ccc(CC(C)(N)C(F)F)c(Cl)c1. The highest BCUT2D eigenvalue weighted by molar-refractivity contribution is 6.31. The normalized spacial score (nSPS) is 14.6. The van der Waals surface area contributed by atoms with Crippen molar-refractivity contribution < 1.29 is 18.3 Å². The van der Waals surface area contributed by atoms with Crippen molar-refractivity contribution >= 4 is 23.4 Å². The van der Waals surface area contributed by atoms with E-state index in [0.29, 0.717) is 11.3 Å². The predicted octanol–water partition coefficient (Wildman–Crippen LogP) is 4.21. The number of carbonyl (C=O) groups is 1. The van der Waals surface area contributed by atoms with Gasteiger partial charge in [0, 0.05) is 10.7 Å². The summed E-state index contributed by atoms with van der Waals surface area (Å²) in [6.07, 6.45) is -3.35. The third-order valence-electron chi connectivity index (χ3n) is 2.77. The Labute approximate surface area is 134 Å². The molecule has 124 valence electrons. The Bertz CT molecular complexity index is 543. The van der Waals surface area contributed by atoms with Gasteiger partial charge in [-0.1, -0.05) is 17.7 Å². The maximum atomic E-state index is 12.8. The van der Waals surface area contributed by atoms with Crippen LogP contribution in [0.2, 0.25) is 5.02 Å². The lowest BCUT2D eigenvalue weighted by atomic mass is 9.94. The van der Waals surface area contributed by atoms with Crippen molar-refractivity contribution in [1.29, 1.82) is 0 Å². The van der Waals surface area contributed by atoms with E-state index in [2.05, 4.69) is 5.32 Å². The number of amides is 1. The largest absolute Gasteiger partial charge is 0.444 e. The van der Waals surface area contributed by atoms with E-state index in [0.717, 1.165) is 0 Å². The summed E-state index contributed by atoms with van der Waals surface area (Å²) in [7, 11) is 0. The van der Waals surface area contributed by atoms with Crippen molar-refractivity contribution in [3.63, 3.8) is 0 Å². The van der Waals surface area contributed by atoms with Gasteiger partial charge in [0.2, 0.25) is 0 Å². The Kier molecular flexibility index (Phi) is 5.76. The molecule has 1 rings (SSSR count). The van der Waals surface area contributed by atoms with Crippen LogP contribution in [-0.4, -0.2) is 23.7 Å². The number of hydrogen-bond donors (Lipinski definition) is 2. The Morgan fingerprint density at radius 1 is 1.36 bits per heavy atom. The minimum absolute atomic E-state index is 0.0732. The zero-order valence-corrected chi connectivity index (χ0v) is 13.8. The molecule has 0 fully saturated rings. The number of alkyl halides is 2. The summed E-state index contributed by atoms with van der Waals surface area (Å²) in [5.74, 6) is 0. The molecule has 1 aromatic rings. The van der Waals surface area contributed by atoms with Crippen molar-refractivity contribution in [2.45, 2.75) is 51.7 Å². The van der Waals surface area contributed by atoms with Gasteiger partial charge in [-0.3, -0.25) is 5.32 Å². The Balaban J connectivity index is 2.80. The summed E-state index contributed by atoms with van der Waals surface area (Å²) in [6, 6.07) is 4.59. The molecule has 1 atom stereocenters. The number of hydrogen-bond acceptors (Lipinski definition) is 3. The van der Waals surface area contributed by atoms with Crippen LogP contribution in [0.15, 0.2) is 18.2 Å². The highest BCUT2D eigenvalue weighted by atomic mass is 35.5. The zero-order valence-electron chi connectivity index (χ0n) is 13.0.